The predicted molar refractivity (Wildman–Crippen MR) is 245 cm³/mol. The van der Waals surface area contributed by atoms with Gasteiger partial charge in [0.2, 0.25) is 5.95 Å². The molecule has 0 fully saturated rings. The Bertz CT molecular complexity index is 3840. The van der Waals surface area contributed by atoms with Crippen LogP contribution in [0.3, 0.4) is 0 Å². The van der Waals surface area contributed by atoms with Crippen LogP contribution in [0.25, 0.3) is 116 Å². The first-order valence-corrected chi connectivity index (χ1v) is 20.1. The largest absolute Gasteiger partial charge is 0.309 e. The maximum atomic E-state index is 5.49. The lowest BCUT2D eigenvalue weighted by molar-refractivity contribution is 1.01. The van der Waals surface area contributed by atoms with Crippen LogP contribution in [-0.2, 0) is 0 Å². The van der Waals surface area contributed by atoms with E-state index in [-0.39, 0.29) is 0 Å². The molecule has 274 valence electrons. The molecule has 4 aromatic heterocycles. The fourth-order valence-corrected chi connectivity index (χ4v) is 9.77. The van der Waals surface area contributed by atoms with Gasteiger partial charge in [-0.15, -0.1) is 0 Å². The molecule has 0 aliphatic carbocycles. The third-order valence-electron chi connectivity index (χ3n) is 12.2. The third-order valence-corrected chi connectivity index (χ3v) is 12.2. The standard InChI is InChI=1S/C54H33N5/c1-2-17-35(18-3-1)57-46-27-12-8-22-42(46)51-48(57)31-32-49-52(51)43-23-9-13-28-47(43)58(49)36-29-30-39-38-20-7-11-26-45(38)59(50(39)33-36)54-55-44-25-10-6-21-41(44)53(56-54)40-24-14-16-34-15-4-5-19-37(34)40/h1-33H. The van der Waals surface area contributed by atoms with Gasteiger partial charge in [-0.1, -0.05) is 140 Å². The smallest absolute Gasteiger partial charge is 0.235 e. The molecule has 13 rings (SSSR count). The molecule has 5 heteroatoms. The van der Waals surface area contributed by atoms with Crippen LogP contribution in [0.4, 0.5) is 0 Å². The Labute approximate surface area is 338 Å². The number of aromatic nitrogens is 5. The SMILES string of the molecule is c1ccc(-n2c3ccccc3c3c4c5ccccc5n(-c5ccc6c7ccccc7n(-c7nc(-c8cccc9ccccc89)c8ccccc8n7)c6c5)c4ccc32)cc1. The van der Waals surface area contributed by atoms with Gasteiger partial charge in [0.25, 0.3) is 0 Å². The lowest BCUT2D eigenvalue weighted by Crippen LogP contribution is -2.04. The van der Waals surface area contributed by atoms with E-state index in [0.29, 0.717) is 5.95 Å². The van der Waals surface area contributed by atoms with Crippen LogP contribution in [0.2, 0.25) is 0 Å². The number of nitrogens with zero attached hydrogens (tertiary/aromatic N) is 5. The summed E-state index contributed by atoms with van der Waals surface area (Å²) in [4.78, 5) is 10.8. The lowest BCUT2D eigenvalue weighted by atomic mass is 9.99. The molecule has 0 N–H and O–H groups in total. The van der Waals surface area contributed by atoms with E-state index in [9.17, 15) is 0 Å². The summed E-state index contributed by atoms with van der Waals surface area (Å²) in [6, 6.07) is 71.8. The summed E-state index contributed by atoms with van der Waals surface area (Å²) in [7, 11) is 0. The zero-order chi connectivity index (χ0) is 38.6. The van der Waals surface area contributed by atoms with E-state index >= 15 is 0 Å². The normalized spacial score (nSPS) is 12.1. The molecule has 0 aliphatic heterocycles. The van der Waals surface area contributed by atoms with Crippen molar-refractivity contribution in [1.29, 1.82) is 0 Å². The van der Waals surface area contributed by atoms with Crippen LogP contribution in [0, 0.1) is 0 Å². The molecule has 0 saturated carbocycles. The average Bonchev–Trinajstić information content (AvgIpc) is 3.94. The van der Waals surface area contributed by atoms with Crippen LogP contribution >= 0.6 is 0 Å². The Hall–Kier alpha value is -8.02. The summed E-state index contributed by atoms with van der Waals surface area (Å²) >= 11 is 0. The number of hydrogen-bond donors (Lipinski definition) is 0. The van der Waals surface area contributed by atoms with Gasteiger partial charge in [0.15, 0.2) is 0 Å². The van der Waals surface area contributed by atoms with Crippen LogP contribution < -0.4 is 0 Å². The fourth-order valence-electron chi connectivity index (χ4n) is 9.77. The highest BCUT2D eigenvalue weighted by Gasteiger charge is 2.22. The zero-order valence-electron chi connectivity index (χ0n) is 31.8. The second kappa shape index (κ2) is 12.2. The van der Waals surface area contributed by atoms with Gasteiger partial charge < -0.3 is 9.13 Å². The number of fused-ring (bicyclic) bond motifs is 12. The molecule has 0 atom stereocenters. The van der Waals surface area contributed by atoms with E-state index in [1.807, 2.05) is 0 Å². The topological polar surface area (TPSA) is 40.6 Å². The highest BCUT2D eigenvalue weighted by Crippen LogP contribution is 2.43. The van der Waals surface area contributed by atoms with Crippen molar-refractivity contribution < 1.29 is 0 Å². The lowest BCUT2D eigenvalue weighted by Gasteiger charge is -2.14. The molecule has 0 aliphatic rings. The van der Waals surface area contributed by atoms with E-state index in [4.69, 9.17) is 9.97 Å². The molecule has 0 saturated heterocycles. The molecule has 13 aromatic rings. The van der Waals surface area contributed by atoms with Crippen LogP contribution in [0.5, 0.6) is 0 Å². The number of hydrogen-bond acceptors (Lipinski definition) is 2. The van der Waals surface area contributed by atoms with Crippen molar-refractivity contribution in [3.63, 3.8) is 0 Å². The quantitative estimate of drug-likeness (QED) is 0.180. The Kier molecular flexibility index (Phi) is 6.66. The van der Waals surface area contributed by atoms with E-state index in [1.165, 1.54) is 43.4 Å². The summed E-state index contributed by atoms with van der Waals surface area (Å²) in [5, 5.41) is 10.7. The van der Waals surface area contributed by atoms with E-state index in [2.05, 4.69) is 214 Å². The second-order valence-electron chi connectivity index (χ2n) is 15.4. The second-order valence-corrected chi connectivity index (χ2v) is 15.4. The van der Waals surface area contributed by atoms with Crippen molar-refractivity contribution in [2.75, 3.05) is 0 Å². The molecule has 4 heterocycles. The van der Waals surface area contributed by atoms with Crippen molar-refractivity contribution in [2.45, 2.75) is 0 Å². The van der Waals surface area contributed by atoms with Gasteiger partial charge in [0.1, 0.15) is 0 Å². The summed E-state index contributed by atoms with van der Waals surface area (Å²) in [6.45, 7) is 0. The van der Waals surface area contributed by atoms with Crippen molar-refractivity contribution >= 4 is 87.1 Å². The minimum absolute atomic E-state index is 0.646. The molecule has 0 spiro atoms. The Morgan fingerprint density at radius 3 is 1.58 bits per heavy atom. The molecule has 9 aromatic carbocycles. The van der Waals surface area contributed by atoms with Gasteiger partial charge in [0, 0.05) is 54.6 Å². The summed E-state index contributed by atoms with van der Waals surface area (Å²) in [6.07, 6.45) is 0. The van der Waals surface area contributed by atoms with Crippen molar-refractivity contribution in [3.8, 4) is 28.6 Å². The predicted octanol–water partition coefficient (Wildman–Crippen LogP) is 13.7. The minimum atomic E-state index is 0.646. The molecule has 0 bridgehead atoms. The highest BCUT2D eigenvalue weighted by atomic mass is 15.2. The van der Waals surface area contributed by atoms with Crippen molar-refractivity contribution in [2.24, 2.45) is 0 Å². The molecule has 59 heavy (non-hydrogen) atoms. The summed E-state index contributed by atoms with van der Waals surface area (Å²) in [5.74, 6) is 0.646. The van der Waals surface area contributed by atoms with Crippen LogP contribution in [0.15, 0.2) is 200 Å². The zero-order valence-corrected chi connectivity index (χ0v) is 31.8. The van der Waals surface area contributed by atoms with Crippen molar-refractivity contribution in [3.05, 3.63) is 200 Å². The first-order valence-electron chi connectivity index (χ1n) is 20.1. The monoisotopic (exact) mass is 751 g/mol. The van der Waals surface area contributed by atoms with Gasteiger partial charge in [-0.25, -0.2) is 9.97 Å². The maximum absolute atomic E-state index is 5.49. The molecule has 5 nitrogen and oxygen atoms in total. The number of rotatable bonds is 4. The fraction of sp³-hybridized carbons (Fsp3) is 0. The van der Waals surface area contributed by atoms with E-state index in [1.54, 1.807) is 0 Å². The highest BCUT2D eigenvalue weighted by molar-refractivity contribution is 6.29. The summed E-state index contributed by atoms with van der Waals surface area (Å²) in [5.41, 5.74) is 12.0. The molecule has 0 unspecified atom stereocenters. The van der Waals surface area contributed by atoms with Gasteiger partial charge in [-0.3, -0.25) is 4.57 Å². The molecular weight excluding hydrogens is 719 g/mol. The average molecular weight is 752 g/mol. The molecule has 0 radical (unpaired) electrons. The van der Waals surface area contributed by atoms with Crippen LogP contribution in [-0.4, -0.2) is 23.7 Å². The third kappa shape index (κ3) is 4.55. The van der Waals surface area contributed by atoms with Gasteiger partial charge in [-0.05, 0) is 71.4 Å². The van der Waals surface area contributed by atoms with Crippen LogP contribution in [0.1, 0.15) is 0 Å². The van der Waals surface area contributed by atoms with Gasteiger partial charge in [-0.2, -0.15) is 0 Å². The summed E-state index contributed by atoms with van der Waals surface area (Å²) < 4.78 is 7.09. The van der Waals surface area contributed by atoms with Gasteiger partial charge >= 0.3 is 0 Å². The minimum Gasteiger partial charge on any atom is -0.309 e. The number of para-hydroxylation sites is 5. The Balaban J connectivity index is 1.11. The molecular formula is C54H33N5. The van der Waals surface area contributed by atoms with E-state index in [0.717, 1.165) is 66.4 Å². The molecule has 0 amide bonds. The first kappa shape index (κ1) is 32.1. The van der Waals surface area contributed by atoms with Crippen molar-refractivity contribution in [1.82, 2.24) is 23.7 Å². The maximum Gasteiger partial charge on any atom is 0.235 e. The Morgan fingerprint density at radius 2 is 0.847 bits per heavy atom. The number of benzene rings is 9. The Morgan fingerprint density at radius 1 is 0.305 bits per heavy atom. The van der Waals surface area contributed by atoms with Gasteiger partial charge in [0.05, 0.1) is 44.3 Å². The van der Waals surface area contributed by atoms with E-state index < -0.39 is 0 Å². The first-order chi connectivity index (χ1) is 29.3.